The number of carbonyl (C=O) groups excluding carboxylic acids is 4. The van der Waals surface area contributed by atoms with Gasteiger partial charge >= 0.3 is 11.9 Å². The number of allylic oxidation sites excluding steroid dienone is 1. The van der Waals surface area contributed by atoms with E-state index in [1.807, 2.05) is 0 Å². The van der Waals surface area contributed by atoms with E-state index in [1.54, 1.807) is 31.2 Å². The number of nitrogens with zero attached hydrogens (tertiary/aromatic N) is 2. The first-order valence-corrected chi connectivity index (χ1v) is 11.2. The van der Waals surface area contributed by atoms with Crippen molar-refractivity contribution in [3.8, 4) is 5.75 Å². The van der Waals surface area contributed by atoms with Crippen molar-refractivity contribution in [2.45, 2.75) is 13.8 Å². The largest absolute Gasteiger partial charge is 0.510 e. The number of nitrogens with one attached hydrogen (secondary N) is 2. The van der Waals surface area contributed by atoms with Crippen LogP contribution in [-0.4, -0.2) is 56.2 Å². The van der Waals surface area contributed by atoms with Crippen molar-refractivity contribution in [1.82, 2.24) is 5.32 Å². The number of azo groups is 1. The number of benzene rings is 2. The predicted octanol–water partition coefficient (Wildman–Crippen LogP) is 3.84. The summed E-state index contributed by atoms with van der Waals surface area (Å²) in [6.45, 7) is 6.91. The quantitative estimate of drug-likeness (QED) is 0.131. The Kier molecular flexibility index (Phi) is 10.7. The van der Waals surface area contributed by atoms with Crippen LogP contribution in [0.3, 0.4) is 0 Å². The van der Waals surface area contributed by atoms with Crippen LogP contribution in [0.4, 0.5) is 11.4 Å². The Bertz CT molecular complexity index is 1280. The monoisotopic (exact) mass is 524 g/mol. The first kappa shape index (κ1) is 29.2. The number of anilines is 1. The first-order chi connectivity index (χ1) is 18.1. The number of carbonyl (C=O) groups is 4. The third kappa shape index (κ3) is 8.29. The fourth-order valence-corrected chi connectivity index (χ4v) is 2.84. The van der Waals surface area contributed by atoms with Gasteiger partial charge in [-0.15, -0.1) is 10.2 Å². The van der Waals surface area contributed by atoms with Crippen molar-refractivity contribution in [1.29, 1.82) is 0 Å². The van der Waals surface area contributed by atoms with Crippen molar-refractivity contribution in [3.63, 3.8) is 0 Å². The van der Waals surface area contributed by atoms with E-state index >= 15 is 0 Å². The van der Waals surface area contributed by atoms with Gasteiger partial charge in [-0.25, -0.2) is 9.59 Å². The van der Waals surface area contributed by atoms with Crippen LogP contribution in [0.2, 0.25) is 0 Å². The highest BCUT2D eigenvalue weighted by Crippen LogP contribution is 2.25. The predicted molar refractivity (Wildman–Crippen MR) is 137 cm³/mol. The molecule has 0 aliphatic rings. The van der Waals surface area contributed by atoms with Crippen LogP contribution in [0.25, 0.3) is 0 Å². The van der Waals surface area contributed by atoms with Crippen LogP contribution >= 0.6 is 0 Å². The molecule has 12 heteroatoms. The van der Waals surface area contributed by atoms with Gasteiger partial charge in [-0.05, 0) is 56.3 Å². The molecule has 2 rings (SSSR count). The molecule has 0 aliphatic heterocycles. The Morgan fingerprint density at radius 1 is 0.947 bits per heavy atom. The summed E-state index contributed by atoms with van der Waals surface area (Å²) in [6.07, 6.45) is 0. The van der Waals surface area contributed by atoms with Gasteiger partial charge in [0.2, 0.25) is 5.91 Å². The second kappa shape index (κ2) is 13.9. The second-order valence-corrected chi connectivity index (χ2v) is 7.71. The lowest BCUT2D eigenvalue weighted by atomic mass is 10.1. The molecule has 0 aliphatic carbocycles. The summed E-state index contributed by atoms with van der Waals surface area (Å²) in [6, 6.07) is 10.2. The average molecular weight is 525 g/mol. The van der Waals surface area contributed by atoms with Crippen molar-refractivity contribution in [2.24, 2.45) is 10.2 Å². The maximum atomic E-state index is 12.8. The lowest BCUT2D eigenvalue weighted by Crippen LogP contribution is -2.28. The molecule has 2 aromatic carbocycles. The zero-order chi connectivity index (χ0) is 28.2. The zero-order valence-corrected chi connectivity index (χ0v) is 21.4. The molecule has 0 bridgehead atoms. The van der Waals surface area contributed by atoms with E-state index in [-0.39, 0.29) is 29.3 Å². The highest BCUT2D eigenvalue weighted by Gasteiger charge is 2.18. The minimum Gasteiger partial charge on any atom is -0.510 e. The molecule has 2 amide bonds. The van der Waals surface area contributed by atoms with Gasteiger partial charge in [-0.3, -0.25) is 9.59 Å². The molecular formula is C26H28N4O8. The maximum absolute atomic E-state index is 12.8. The molecule has 38 heavy (non-hydrogen) atoms. The Morgan fingerprint density at radius 2 is 1.61 bits per heavy atom. The van der Waals surface area contributed by atoms with Crippen molar-refractivity contribution in [2.75, 3.05) is 32.7 Å². The number of esters is 2. The highest BCUT2D eigenvalue weighted by atomic mass is 16.5. The van der Waals surface area contributed by atoms with Gasteiger partial charge in [0.25, 0.3) is 5.91 Å². The Morgan fingerprint density at radius 3 is 2.18 bits per heavy atom. The second-order valence-electron chi connectivity index (χ2n) is 7.71. The van der Waals surface area contributed by atoms with E-state index in [0.29, 0.717) is 23.6 Å². The van der Waals surface area contributed by atoms with Gasteiger partial charge < -0.3 is 30.0 Å². The minimum absolute atomic E-state index is 0.0194. The number of hydrogen-bond donors (Lipinski definition) is 3. The summed E-state index contributed by atoms with van der Waals surface area (Å²) >= 11 is 0. The van der Waals surface area contributed by atoms with Crippen LogP contribution in [0.1, 0.15) is 34.6 Å². The van der Waals surface area contributed by atoms with Crippen molar-refractivity contribution < 1.29 is 38.5 Å². The topological polar surface area (TPSA) is 165 Å². The van der Waals surface area contributed by atoms with E-state index in [4.69, 9.17) is 9.47 Å². The van der Waals surface area contributed by atoms with Crippen LogP contribution in [-0.2, 0) is 19.1 Å². The number of methoxy groups -OCH3 is 2. The zero-order valence-electron chi connectivity index (χ0n) is 21.4. The van der Waals surface area contributed by atoms with E-state index < -0.39 is 29.3 Å². The standard InChI is InChI=1S/C26H28N4O8/c1-15(2)23(32)27-12-13-38-19-9-7-18(8-10-19)28-24(33)22(16(3)31)30-29-21-14-17(25(34)36-4)6-11-20(21)26(35)37-5/h6-11,14,31H,1,12-13H2,2-5H3,(H,27,32)(H,28,33). The molecule has 12 nitrogen and oxygen atoms in total. The van der Waals surface area contributed by atoms with E-state index in [0.717, 1.165) is 0 Å². The lowest BCUT2D eigenvalue weighted by Gasteiger charge is -2.10. The van der Waals surface area contributed by atoms with E-state index in [1.165, 1.54) is 39.3 Å². The summed E-state index contributed by atoms with van der Waals surface area (Å²) < 4.78 is 14.9. The van der Waals surface area contributed by atoms with Crippen LogP contribution in [0.15, 0.2) is 76.3 Å². The Labute approximate surface area is 219 Å². The van der Waals surface area contributed by atoms with Crippen LogP contribution in [0.5, 0.6) is 5.75 Å². The van der Waals surface area contributed by atoms with Crippen LogP contribution in [0, 0.1) is 0 Å². The third-order valence-electron chi connectivity index (χ3n) is 4.80. The average Bonchev–Trinajstić information content (AvgIpc) is 2.90. The van der Waals surface area contributed by atoms with Crippen molar-refractivity contribution in [3.05, 3.63) is 77.2 Å². The number of aliphatic hydroxyl groups excluding tert-OH is 1. The van der Waals surface area contributed by atoms with E-state index in [2.05, 4.69) is 32.2 Å². The normalized spacial score (nSPS) is 11.3. The molecule has 0 atom stereocenters. The van der Waals surface area contributed by atoms with Crippen molar-refractivity contribution >= 4 is 35.1 Å². The number of amides is 2. The molecule has 0 saturated heterocycles. The molecule has 200 valence electrons. The third-order valence-corrected chi connectivity index (χ3v) is 4.80. The number of rotatable bonds is 11. The van der Waals surface area contributed by atoms with Gasteiger partial charge in [-0.2, -0.15) is 0 Å². The summed E-state index contributed by atoms with van der Waals surface area (Å²) in [4.78, 5) is 48.2. The fraction of sp³-hybridized carbons (Fsp3) is 0.231. The maximum Gasteiger partial charge on any atom is 0.340 e. The Hall–Kier alpha value is -5.00. The molecule has 0 fully saturated rings. The van der Waals surface area contributed by atoms with Gasteiger partial charge in [-0.1, -0.05) is 6.58 Å². The molecule has 0 heterocycles. The molecule has 2 aromatic rings. The molecule has 0 unspecified atom stereocenters. The molecule has 0 aromatic heterocycles. The molecular weight excluding hydrogens is 496 g/mol. The fourth-order valence-electron chi connectivity index (χ4n) is 2.84. The summed E-state index contributed by atoms with van der Waals surface area (Å²) in [5.74, 6) is -2.40. The van der Waals surface area contributed by atoms with Gasteiger partial charge in [0.15, 0.2) is 5.70 Å². The summed E-state index contributed by atoms with van der Waals surface area (Å²) in [5.41, 5.74) is 0.328. The summed E-state index contributed by atoms with van der Waals surface area (Å²) in [7, 11) is 2.37. The number of hydrogen-bond acceptors (Lipinski definition) is 10. The van der Waals surface area contributed by atoms with Gasteiger partial charge in [0, 0.05) is 11.3 Å². The smallest absolute Gasteiger partial charge is 0.340 e. The number of ether oxygens (including phenoxy) is 3. The molecule has 0 saturated carbocycles. The van der Waals surface area contributed by atoms with Gasteiger partial charge in [0.05, 0.1) is 31.9 Å². The summed E-state index contributed by atoms with van der Waals surface area (Å²) in [5, 5.41) is 22.9. The van der Waals surface area contributed by atoms with Crippen LogP contribution < -0.4 is 15.4 Å². The molecule has 0 spiro atoms. The first-order valence-electron chi connectivity index (χ1n) is 11.2. The number of aliphatic hydroxyl groups is 1. The highest BCUT2D eigenvalue weighted by molar-refractivity contribution is 6.04. The minimum atomic E-state index is -0.784. The van der Waals surface area contributed by atoms with Gasteiger partial charge in [0.1, 0.15) is 23.8 Å². The Balaban J connectivity index is 2.13. The molecule has 0 radical (unpaired) electrons. The van der Waals surface area contributed by atoms with E-state index in [9.17, 15) is 24.3 Å². The lowest BCUT2D eigenvalue weighted by molar-refractivity contribution is -0.117. The molecule has 3 N–H and O–H groups in total. The SMILES string of the molecule is C=C(C)C(=O)NCCOc1ccc(NC(=O)C(N=Nc2cc(C(=O)OC)ccc2C(=O)OC)=C(C)O)cc1.